The van der Waals surface area contributed by atoms with E-state index in [1.54, 1.807) is 0 Å². The number of hydrogen-bond donors (Lipinski definition) is 1. The third kappa shape index (κ3) is 1.17. The first-order valence-corrected chi connectivity index (χ1v) is 4.29. The van der Waals surface area contributed by atoms with Crippen molar-refractivity contribution in [2.24, 2.45) is 0 Å². The van der Waals surface area contributed by atoms with Crippen molar-refractivity contribution in [3.05, 3.63) is 0 Å². The monoisotopic (exact) mass is 157 g/mol. The second-order valence-corrected chi connectivity index (χ2v) is 3.39. The van der Waals surface area contributed by atoms with Crippen molar-refractivity contribution in [3.8, 4) is 0 Å². The molecule has 2 aliphatic rings. The van der Waals surface area contributed by atoms with Gasteiger partial charge >= 0.3 is 0 Å². The molecular weight excluding hydrogens is 142 g/mol. The molecule has 2 heterocycles. The molecule has 2 rings (SSSR count). The fourth-order valence-corrected chi connectivity index (χ4v) is 1.72. The summed E-state index contributed by atoms with van der Waals surface area (Å²) in [7, 11) is 0. The summed E-state index contributed by atoms with van der Waals surface area (Å²) >= 11 is 0. The Morgan fingerprint density at radius 2 is 2.27 bits per heavy atom. The molecule has 11 heavy (non-hydrogen) atoms. The fourth-order valence-electron chi connectivity index (χ4n) is 1.72. The van der Waals surface area contributed by atoms with Crippen LogP contribution >= 0.6 is 0 Å². The van der Waals surface area contributed by atoms with E-state index in [-0.39, 0.29) is 5.60 Å². The Balaban J connectivity index is 2.03. The number of ether oxygens (including phenoxy) is 2. The molecule has 1 spiro atoms. The predicted molar refractivity (Wildman–Crippen MR) is 41.6 cm³/mol. The van der Waals surface area contributed by atoms with Gasteiger partial charge in [0.15, 0.2) is 0 Å². The van der Waals surface area contributed by atoms with Gasteiger partial charge in [0, 0.05) is 19.0 Å². The first-order chi connectivity index (χ1) is 5.33. The zero-order valence-corrected chi connectivity index (χ0v) is 6.93. The van der Waals surface area contributed by atoms with Gasteiger partial charge < -0.3 is 14.8 Å². The van der Waals surface area contributed by atoms with Crippen molar-refractivity contribution < 1.29 is 9.47 Å². The zero-order chi connectivity index (χ0) is 7.73. The van der Waals surface area contributed by atoms with Gasteiger partial charge in [-0.3, -0.25) is 0 Å². The van der Waals surface area contributed by atoms with Gasteiger partial charge in [-0.15, -0.1) is 0 Å². The van der Waals surface area contributed by atoms with Crippen LogP contribution in [0.25, 0.3) is 0 Å². The Kier molecular flexibility index (Phi) is 1.87. The van der Waals surface area contributed by atoms with Crippen LogP contribution in [0.3, 0.4) is 0 Å². The molecule has 3 nitrogen and oxygen atoms in total. The molecule has 2 fully saturated rings. The van der Waals surface area contributed by atoms with E-state index in [0.29, 0.717) is 6.04 Å². The quantitative estimate of drug-likeness (QED) is 0.543. The minimum absolute atomic E-state index is 0.0104. The molecule has 0 aromatic rings. The van der Waals surface area contributed by atoms with Crippen molar-refractivity contribution in [1.82, 2.24) is 5.32 Å². The summed E-state index contributed by atoms with van der Waals surface area (Å²) < 4.78 is 11.0. The molecule has 2 unspecified atom stereocenters. The number of rotatable bonds is 0. The van der Waals surface area contributed by atoms with Gasteiger partial charge in [-0.25, -0.2) is 0 Å². The first-order valence-electron chi connectivity index (χ1n) is 4.29. The molecule has 64 valence electrons. The lowest BCUT2D eigenvalue weighted by molar-refractivity contribution is -0.186. The Morgan fingerprint density at radius 3 is 2.91 bits per heavy atom. The van der Waals surface area contributed by atoms with Gasteiger partial charge in [0.1, 0.15) is 5.60 Å². The maximum absolute atomic E-state index is 5.56. The third-order valence-electron chi connectivity index (χ3n) is 2.75. The molecule has 2 aliphatic heterocycles. The molecule has 1 N–H and O–H groups in total. The van der Waals surface area contributed by atoms with E-state index in [2.05, 4.69) is 12.2 Å². The number of nitrogens with one attached hydrogen (secondary N) is 1. The van der Waals surface area contributed by atoms with Crippen LogP contribution in [-0.2, 0) is 9.47 Å². The van der Waals surface area contributed by atoms with Crippen LogP contribution in [-0.4, -0.2) is 38.0 Å². The maximum atomic E-state index is 5.56. The lowest BCUT2D eigenvalue weighted by atomic mass is 9.88. The highest BCUT2D eigenvalue weighted by Crippen LogP contribution is 2.31. The fraction of sp³-hybridized carbons (Fsp3) is 1.00. The molecule has 2 saturated heterocycles. The van der Waals surface area contributed by atoms with Gasteiger partial charge in [0.05, 0.1) is 19.8 Å². The van der Waals surface area contributed by atoms with Crippen LogP contribution in [0.15, 0.2) is 0 Å². The molecule has 0 aromatic heterocycles. The van der Waals surface area contributed by atoms with E-state index >= 15 is 0 Å². The molecule has 0 saturated carbocycles. The SMILES string of the molecule is CC1NCCOCC12CCO2. The Bertz CT molecular complexity index is 145. The van der Waals surface area contributed by atoms with Gasteiger partial charge in [-0.05, 0) is 6.92 Å². The minimum atomic E-state index is 0.0104. The topological polar surface area (TPSA) is 30.5 Å². The summed E-state index contributed by atoms with van der Waals surface area (Å²) in [6.07, 6.45) is 1.14. The summed E-state index contributed by atoms with van der Waals surface area (Å²) in [5.41, 5.74) is 0.0104. The van der Waals surface area contributed by atoms with Crippen molar-refractivity contribution >= 4 is 0 Å². The Hall–Kier alpha value is -0.120. The van der Waals surface area contributed by atoms with Crippen LogP contribution in [0.5, 0.6) is 0 Å². The van der Waals surface area contributed by atoms with Gasteiger partial charge in [0.25, 0.3) is 0 Å². The second kappa shape index (κ2) is 2.73. The van der Waals surface area contributed by atoms with E-state index in [4.69, 9.17) is 9.47 Å². The smallest absolute Gasteiger partial charge is 0.109 e. The van der Waals surface area contributed by atoms with Crippen LogP contribution < -0.4 is 5.32 Å². The van der Waals surface area contributed by atoms with Gasteiger partial charge in [0.2, 0.25) is 0 Å². The van der Waals surface area contributed by atoms with Crippen molar-refractivity contribution in [1.29, 1.82) is 0 Å². The van der Waals surface area contributed by atoms with Crippen molar-refractivity contribution in [3.63, 3.8) is 0 Å². The van der Waals surface area contributed by atoms with Crippen LogP contribution in [0.4, 0.5) is 0 Å². The summed E-state index contributed by atoms with van der Waals surface area (Å²) in [5.74, 6) is 0. The molecule has 0 radical (unpaired) electrons. The summed E-state index contributed by atoms with van der Waals surface area (Å²) in [5, 5.41) is 3.39. The van der Waals surface area contributed by atoms with Crippen molar-refractivity contribution in [2.45, 2.75) is 25.0 Å². The molecule has 2 atom stereocenters. The van der Waals surface area contributed by atoms with Crippen LogP contribution in [0.1, 0.15) is 13.3 Å². The summed E-state index contributed by atoms with van der Waals surface area (Å²) in [6, 6.07) is 0.443. The zero-order valence-electron chi connectivity index (χ0n) is 6.93. The normalized spacial score (nSPS) is 45.0. The maximum Gasteiger partial charge on any atom is 0.109 e. The van der Waals surface area contributed by atoms with E-state index < -0.39 is 0 Å². The second-order valence-electron chi connectivity index (χ2n) is 3.39. The van der Waals surface area contributed by atoms with Crippen LogP contribution in [0.2, 0.25) is 0 Å². The third-order valence-corrected chi connectivity index (χ3v) is 2.75. The standard InChI is InChI=1S/C8H15NO2/c1-7-8(2-4-11-8)6-10-5-3-9-7/h7,9H,2-6H2,1H3. The van der Waals surface area contributed by atoms with E-state index in [9.17, 15) is 0 Å². The molecule has 0 amide bonds. The molecule has 0 bridgehead atoms. The number of hydrogen-bond acceptors (Lipinski definition) is 3. The lowest BCUT2D eigenvalue weighted by Crippen LogP contribution is -2.58. The van der Waals surface area contributed by atoms with E-state index in [1.165, 1.54) is 0 Å². The Morgan fingerprint density at radius 1 is 1.45 bits per heavy atom. The molecule has 0 aromatic carbocycles. The van der Waals surface area contributed by atoms with Crippen LogP contribution in [0, 0.1) is 0 Å². The summed E-state index contributed by atoms with van der Waals surface area (Å²) in [4.78, 5) is 0. The van der Waals surface area contributed by atoms with E-state index in [1.807, 2.05) is 0 Å². The average Bonchev–Trinajstić information content (AvgIpc) is 2.09. The largest absolute Gasteiger partial charge is 0.377 e. The highest BCUT2D eigenvalue weighted by Gasteiger charge is 2.44. The molecular formula is C8H15NO2. The van der Waals surface area contributed by atoms with Crippen molar-refractivity contribution in [2.75, 3.05) is 26.4 Å². The minimum Gasteiger partial charge on any atom is -0.377 e. The highest BCUT2D eigenvalue weighted by atomic mass is 16.6. The van der Waals surface area contributed by atoms with E-state index in [0.717, 1.165) is 32.8 Å². The molecule has 3 heteroatoms. The molecule has 0 aliphatic carbocycles. The summed E-state index contributed by atoms with van der Waals surface area (Å²) in [6.45, 7) is 5.60. The Labute approximate surface area is 67.1 Å². The average molecular weight is 157 g/mol. The predicted octanol–water partition coefficient (Wildman–Crippen LogP) is 0.154. The van der Waals surface area contributed by atoms with Gasteiger partial charge in [-0.2, -0.15) is 0 Å². The van der Waals surface area contributed by atoms with Gasteiger partial charge in [-0.1, -0.05) is 0 Å². The lowest BCUT2D eigenvalue weighted by Gasteiger charge is -2.44. The highest BCUT2D eigenvalue weighted by molar-refractivity contribution is 4.97. The first kappa shape index (κ1) is 7.53.